The fourth-order valence-electron chi connectivity index (χ4n) is 1.80. The molecule has 0 aliphatic rings. The smallest absolute Gasteiger partial charge is 0.132 e. The van der Waals surface area contributed by atoms with Gasteiger partial charge in [-0.2, -0.15) is 0 Å². The molecule has 1 aromatic rings. The van der Waals surface area contributed by atoms with Crippen molar-refractivity contribution in [2.24, 2.45) is 0 Å². The van der Waals surface area contributed by atoms with Crippen molar-refractivity contribution in [1.82, 2.24) is 0 Å². The van der Waals surface area contributed by atoms with Crippen molar-refractivity contribution in [1.29, 1.82) is 0 Å². The summed E-state index contributed by atoms with van der Waals surface area (Å²) in [5, 5.41) is 19.6. The Labute approximate surface area is 102 Å². The zero-order valence-corrected chi connectivity index (χ0v) is 10.6. The molecule has 1 atom stereocenters. The molecule has 0 amide bonds. The Hall–Kier alpha value is -1.42. The van der Waals surface area contributed by atoms with Crippen LogP contribution in [0.4, 0.5) is 0 Å². The van der Waals surface area contributed by atoms with Gasteiger partial charge >= 0.3 is 0 Å². The molecule has 0 aliphatic carbocycles. The molecule has 0 saturated heterocycles. The van der Waals surface area contributed by atoms with Crippen molar-refractivity contribution in [3.63, 3.8) is 0 Å². The number of rotatable bonds is 6. The van der Waals surface area contributed by atoms with Crippen molar-refractivity contribution < 1.29 is 19.7 Å². The normalized spacial score (nSPS) is 12.2. The molecule has 0 heterocycles. The van der Waals surface area contributed by atoms with Crippen LogP contribution in [0.2, 0.25) is 0 Å². The molecule has 0 spiro atoms. The van der Waals surface area contributed by atoms with Gasteiger partial charge in [-0.25, -0.2) is 0 Å². The largest absolute Gasteiger partial charge is 0.508 e. The second-order valence-electron chi connectivity index (χ2n) is 3.92. The first-order valence-electron chi connectivity index (χ1n) is 5.77. The van der Waals surface area contributed by atoms with Crippen molar-refractivity contribution in [2.45, 2.75) is 32.3 Å². The van der Waals surface area contributed by atoms with E-state index in [9.17, 15) is 10.2 Å². The van der Waals surface area contributed by atoms with Crippen LogP contribution in [-0.4, -0.2) is 24.4 Å². The predicted octanol–water partition coefficient (Wildman–Crippen LogP) is 2.63. The van der Waals surface area contributed by atoms with Crippen LogP contribution in [0.3, 0.4) is 0 Å². The summed E-state index contributed by atoms with van der Waals surface area (Å²) in [6.45, 7) is 2.07. The zero-order chi connectivity index (χ0) is 12.8. The molecule has 1 rings (SSSR count). The van der Waals surface area contributed by atoms with E-state index in [2.05, 4.69) is 6.92 Å². The number of hydrogen-bond donors (Lipinski definition) is 2. The zero-order valence-electron chi connectivity index (χ0n) is 10.6. The number of methoxy groups -OCH3 is 2. The van der Waals surface area contributed by atoms with Crippen LogP contribution in [-0.2, 0) is 0 Å². The fraction of sp³-hybridized carbons (Fsp3) is 0.538. The quantitative estimate of drug-likeness (QED) is 0.802. The molecule has 1 aromatic carbocycles. The van der Waals surface area contributed by atoms with Crippen molar-refractivity contribution in [3.8, 4) is 17.2 Å². The van der Waals surface area contributed by atoms with Gasteiger partial charge < -0.3 is 19.7 Å². The SMILES string of the molecule is CCCCC(O)c1c(OC)cc(O)cc1OC. The maximum absolute atomic E-state index is 10.1. The maximum atomic E-state index is 10.1. The summed E-state index contributed by atoms with van der Waals surface area (Å²) in [4.78, 5) is 0. The summed E-state index contributed by atoms with van der Waals surface area (Å²) < 4.78 is 10.3. The third-order valence-corrected chi connectivity index (χ3v) is 2.69. The number of hydrogen-bond acceptors (Lipinski definition) is 4. The molecule has 17 heavy (non-hydrogen) atoms. The summed E-state index contributed by atoms with van der Waals surface area (Å²) in [7, 11) is 3.01. The minimum atomic E-state index is -0.638. The molecule has 0 saturated carbocycles. The van der Waals surface area contributed by atoms with Gasteiger partial charge in [0, 0.05) is 12.1 Å². The van der Waals surface area contributed by atoms with Gasteiger partial charge in [-0.15, -0.1) is 0 Å². The van der Waals surface area contributed by atoms with Gasteiger partial charge in [-0.05, 0) is 6.42 Å². The van der Waals surface area contributed by atoms with E-state index < -0.39 is 6.10 Å². The van der Waals surface area contributed by atoms with Crippen molar-refractivity contribution >= 4 is 0 Å². The third-order valence-electron chi connectivity index (χ3n) is 2.69. The van der Waals surface area contributed by atoms with E-state index in [-0.39, 0.29) is 5.75 Å². The summed E-state index contributed by atoms with van der Waals surface area (Å²) in [5.74, 6) is 0.959. The van der Waals surface area contributed by atoms with E-state index in [4.69, 9.17) is 9.47 Å². The third kappa shape index (κ3) is 3.27. The van der Waals surface area contributed by atoms with Crippen LogP contribution in [0.25, 0.3) is 0 Å². The first-order chi connectivity index (χ1) is 8.13. The second-order valence-corrected chi connectivity index (χ2v) is 3.92. The van der Waals surface area contributed by atoms with Crippen LogP contribution in [0.5, 0.6) is 17.2 Å². The van der Waals surface area contributed by atoms with Gasteiger partial charge in [0.05, 0.1) is 25.9 Å². The number of phenolic OH excluding ortho intramolecular Hbond substituents is 1. The molecular formula is C13H20O4. The van der Waals surface area contributed by atoms with Gasteiger partial charge in [-0.1, -0.05) is 19.8 Å². The molecule has 4 heteroatoms. The molecule has 0 bridgehead atoms. The van der Waals surface area contributed by atoms with E-state index in [0.29, 0.717) is 23.5 Å². The average molecular weight is 240 g/mol. The maximum Gasteiger partial charge on any atom is 0.132 e. The molecule has 4 nitrogen and oxygen atoms in total. The lowest BCUT2D eigenvalue weighted by atomic mass is 10.0. The Bertz CT molecular complexity index is 337. The summed E-state index contributed by atoms with van der Waals surface area (Å²) in [5.41, 5.74) is 0.598. The lowest BCUT2D eigenvalue weighted by Crippen LogP contribution is -2.03. The van der Waals surface area contributed by atoms with Crippen LogP contribution in [0, 0.1) is 0 Å². The molecule has 2 N–H and O–H groups in total. The highest BCUT2D eigenvalue weighted by Gasteiger charge is 2.19. The minimum Gasteiger partial charge on any atom is -0.508 e. The van der Waals surface area contributed by atoms with Crippen LogP contribution >= 0.6 is 0 Å². The minimum absolute atomic E-state index is 0.0603. The lowest BCUT2D eigenvalue weighted by molar-refractivity contribution is 0.156. The molecular weight excluding hydrogens is 220 g/mol. The number of ether oxygens (including phenoxy) is 2. The summed E-state index contributed by atoms with van der Waals surface area (Å²) in [6.07, 6.45) is 1.95. The van der Waals surface area contributed by atoms with Crippen LogP contribution in [0.15, 0.2) is 12.1 Å². The van der Waals surface area contributed by atoms with E-state index in [1.165, 1.54) is 26.4 Å². The van der Waals surface area contributed by atoms with Crippen molar-refractivity contribution in [2.75, 3.05) is 14.2 Å². The second kappa shape index (κ2) is 6.35. The van der Waals surface area contributed by atoms with Crippen molar-refractivity contribution in [3.05, 3.63) is 17.7 Å². The lowest BCUT2D eigenvalue weighted by Gasteiger charge is -2.18. The molecule has 1 unspecified atom stereocenters. The first-order valence-corrected chi connectivity index (χ1v) is 5.77. The van der Waals surface area contributed by atoms with E-state index >= 15 is 0 Å². The van der Waals surface area contributed by atoms with E-state index in [0.717, 1.165) is 12.8 Å². The summed E-state index contributed by atoms with van der Waals surface area (Å²) in [6, 6.07) is 2.96. The monoisotopic (exact) mass is 240 g/mol. The number of aromatic hydroxyl groups is 1. The molecule has 0 fully saturated rings. The molecule has 96 valence electrons. The van der Waals surface area contributed by atoms with Gasteiger partial charge in [0.2, 0.25) is 0 Å². The Kier molecular flexibility index (Phi) is 5.10. The Balaban J connectivity index is 3.09. The summed E-state index contributed by atoms with van der Waals surface area (Å²) >= 11 is 0. The number of aliphatic hydroxyl groups excluding tert-OH is 1. The molecule has 0 aromatic heterocycles. The highest BCUT2D eigenvalue weighted by Crippen LogP contribution is 2.39. The van der Waals surface area contributed by atoms with Gasteiger partial charge in [-0.3, -0.25) is 0 Å². The predicted molar refractivity (Wildman–Crippen MR) is 65.7 cm³/mol. The topological polar surface area (TPSA) is 58.9 Å². The standard InChI is InChI=1S/C13H20O4/c1-4-5-6-10(15)13-11(16-2)7-9(14)8-12(13)17-3/h7-8,10,14-15H,4-6H2,1-3H3. The number of unbranched alkanes of at least 4 members (excludes halogenated alkanes) is 1. The Morgan fingerprint density at radius 1 is 1.18 bits per heavy atom. The highest BCUT2D eigenvalue weighted by atomic mass is 16.5. The highest BCUT2D eigenvalue weighted by molar-refractivity contribution is 5.51. The van der Waals surface area contributed by atoms with Gasteiger partial charge in [0.1, 0.15) is 17.2 Å². The van der Waals surface area contributed by atoms with E-state index in [1.807, 2.05) is 0 Å². The average Bonchev–Trinajstić information content (AvgIpc) is 2.34. The number of aliphatic hydroxyl groups is 1. The first kappa shape index (κ1) is 13.6. The number of benzene rings is 1. The Morgan fingerprint density at radius 3 is 2.12 bits per heavy atom. The number of phenols is 1. The van der Waals surface area contributed by atoms with E-state index in [1.54, 1.807) is 0 Å². The fourth-order valence-corrected chi connectivity index (χ4v) is 1.80. The van der Waals surface area contributed by atoms with Gasteiger partial charge in [0.25, 0.3) is 0 Å². The molecule has 0 radical (unpaired) electrons. The van der Waals surface area contributed by atoms with Crippen LogP contribution in [0.1, 0.15) is 37.9 Å². The van der Waals surface area contributed by atoms with Crippen LogP contribution < -0.4 is 9.47 Å². The molecule has 0 aliphatic heterocycles. The Morgan fingerprint density at radius 2 is 1.71 bits per heavy atom. The van der Waals surface area contributed by atoms with Gasteiger partial charge in [0.15, 0.2) is 0 Å².